The van der Waals surface area contributed by atoms with Crippen LogP contribution in [0.5, 0.6) is 5.75 Å². The van der Waals surface area contributed by atoms with Gasteiger partial charge in [-0.05, 0) is 30.3 Å². The summed E-state index contributed by atoms with van der Waals surface area (Å²) in [6.45, 7) is 0.530. The Morgan fingerprint density at radius 1 is 1.22 bits per heavy atom. The molecule has 0 bridgehead atoms. The van der Waals surface area contributed by atoms with E-state index in [1.54, 1.807) is 12.3 Å². The van der Waals surface area contributed by atoms with E-state index in [9.17, 15) is 4.39 Å². The second-order valence-electron chi connectivity index (χ2n) is 3.81. The van der Waals surface area contributed by atoms with Gasteiger partial charge >= 0.3 is 0 Å². The van der Waals surface area contributed by atoms with Crippen LogP contribution in [0.1, 0.15) is 11.3 Å². The number of ether oxygens (including phenoxy) is 1. The van der Waals surface area contributed by atoms with Crippen molar-refractivity contribution in [3.63, 3.8) is 0 Å². The predicted molar refractivity (Wildman–Crippen MR) is 72.5 cm³/mol. The van der Waals surface area contributed by atoms with Gasteiger partial charge in [-0.2, -0.15) is 0 Å². The van der Waals surface area contributed by atoms with Gasteiger partial charge in [-0.1, -0.05) is 22.0 Å². The largest absolute Gasteiger partial charge is 0.493 e. The Hall–Kier alpha value is -1.42. The molecule has 94 valence electrons. The van der Waals surface area contributed by atoms with Gasteiger partial charge in [-0.25, -0.2) is 4.39 Å². The van der Waals surface area contributed by atoms with Crippen molar-refractivity contribution in [2.45, 2.75) is 11.8 Å². The van der Waals surface area contributed by atoms with Gasteiger partial charge in [0.25, 0.3) is 0 Å². The maximum absolute atomic E-state index is 13.0. The van der Waals surface area contributed by atoms with Crippen LogP contribution in [0.25, 0.3) is 0 Å². The van der Waals surface area contributed by atoms with Crippen LogP contribution in [0, 0.1) is 5.82 Å². The van der Waals surface area contributed by atoms with Gasteiger partial charge in [0.1, 0.15) is 11.6 Å². The van der Waals surface area contributed by atoms with E-state index in [0.29, 0.717) is 17.7 Å². The van der Waals surface area contributed by atoms with Crippen LogP contribution in [-0.2, 0) is 11.8 Å². The van der Waals surface area contributed by atoms with Crippen molar-refractivity contribution in [2.24, 2.45) is 0 Å². The third-order valence-corrected chi connectivity index (χ3v) is 3.11. The zero-order chi connectivity index (χ0) is 12.8. The van der Waals surface area contributed by atoms with Gasteiger partial charge in [-0.3, -0.25) is 4.98 Å². The lowest BCUT2D eigenvalue weighted by Crippen LogP contribution is -2.04. The molecule has 4 heteroatoms. The van der Waals surface area contributed by atoms with Crippen LogP contribution in [0.2, 0.25) is 0 Å². The Kier molecular flexibility index (Phi) is 4.70. The van der Waals surface area contributed by atoms with E-state index in [1.807, 2.05) is 18.2 Å². The molecule has 0 amide bonds. The SMILES string of the molecule is Fc1ccc(OCCc2ccccn2)c(CBr)c1. The molecule has 2 nitrogen and oxygen atoms in total. The number of pyridine rings is 1. The summed E-state index contributed by atoms with van der Waals surface area (Å²) in [5.41, 5.74) is 1.80. The molecule has 0 N–H and O–H groups in total. The van der Waals surface area contributed by atoms with E-state index in [0.717, 1.165) is 17.7 Å². The Bertz CT molecular complexity index is 504. The van der Waals surface area contributed by atoms with Crippen LogP contribution in [0.4, 0.5) is 4.39 Å². The van der Waals surface area contributed by atoms with Crippen molar-refractivity contribution < 1.29 is 9.13 Å². The fourth-order valence-electron chi connectivity index (χ4n) is 1.60. The Morgan fingerprint density at radius 2 is 2.11 bits per heavy atom. The van der Waals surface area contributed by atoms with Crippen LogP contribution in [0.15, 0.2) is 42.6 Å². The first-order chi connectivity index (χ1) is 8.79. The number of hydrogen-bond donors (Lipinski definition) is 0. The van der Waals surface area contributed by atoms with E-state index in [2.05, 4.69) is 20.9 Å². The van der Waals surface area contributed by atoms with Gasteiger partial charge in [-0.15, -0.1) is 0 Å². The molecule has 0 aliphatic carbocycles. The standard InChI is InChI=1S/C14H13BrFNO/c15-10-11-9-12(16)4-5-14(11)18-8-6-13-3-1-2-7-17-13/h1-5,7,9H,6,8,10H2. The Morgan fingerprint density at radius 3 is 2.83 bits per heavy atom. The summed E-state index contributed by atoms with van der Waals surface area (Å²) >= 11 is 3.32. The number of hydrogen-bond acceptors (Lipinski definition) is 2. The average Bonchev–Trinajstić information content (AvgIpc) is 2.41. The molecule has 1 aromatic heterocycles. The van der Waals surface area contributed by atoms with Crippen molar-refractivity contribution in [2.75, 3.05) is 6.61 Å². The van der Waals surface area contributed by atoms with Crippen molar-refractivity contribution >= 4 is 15.9 Å². The fourth-order valence-corrected chi connectivity index (χ4v) is 2.04. The van der Waals surface area contributed by atoms with Crippen molar-refractivity contribution in [3.05, 3.63) is 59.7 Å². The lowest BCUT2D eigenvalue weighted by atomic mass is 10.2. The molecule has 2 aromatic rings. The molecule has 0 aliphatic heterocycles. The number of alkyl halides is 1. The Balaban J connectivity index is 1.94. The average molecular weight is 310 g/mol. The lowest BCUT2D eigenvalue weighted by Gasteiger charge is -2.09. The smallest absolute Gasteiger partial charge is 0.123 e. The number of benzene rings is 1. The summed E-state index contributed by atoms with van der Waals surface area (Å²) in [5.74, 6) is 0.464. The highest BCUT2D eigenvalue weighted by Gasteiger charge is 2.04. The lowest BCUT2D eigenvalue weighted by molar-refractivity contribution is 0.317. The number of nitrogens with zero attached hydrogens (tertiary/aromatic N) is 1. The van der Waals surface area contributed by atoms with Crippen molar-refractivity contribution in [1.29, 1.82) is 0 Å². The second-order valence-corrected chi connectivity index (χ2v) is 4.37. The Labute approximate surface area is 114 Å². The maximum Gasteiger partial charge on any atom is 0.123 e. The molecule has 0 fully saturated rings. The zero-order valence-corrected chi connectivity index (χ0v) is 11.4. The van der Waals surface area contributed by atoms with Crippen molar-refractivity contribution in [3.8, 4) is 5.75 Å². The first-order valence-corrected chi connectivity index (χ1v) is 6.79. The first-order valence-electron chi connectivity index (χ1n) is 5.66. The van der Waals surface area contributed by atoms with E-state index in [4.69, 9.17) is 4.74 Å². The molecule has 0 aliphatic rings. The van der Waals surface area contributed by atoms with Gasteiger partial charge < -0.3 is 4.74 Å². The third-order valence-electron chi connectivity index (χ3n) is 2.51. The van der Waals surface area contributed by atoms with Crippen LogP contribution < -0.4 is 4.74 Å². The van der Waals surface area contributed by atoms with E-state index in [-0.39, 0.29) is 5.82 Å². The predicted octanol–water partition coefficient (Wildman–Crippen LogP) is 3.74. The first kappa shape index (κ1) is 13.0. The van der Waals surface area contributed by atoms with Gasteiger partial charge in [0, 0.05) is 29.2 Å². The zero-order valence-electron chi connectivity index (χ0n) is 9.77. The van der Waals surface area contributed by atoms with Crippen LogP contribution in [-0.4, -0.2) is 11.6 Å². The molecule has 18 heavy (non-hydrogen) atoms. The molecule has 0 radical (unpaired) electrons. The minimum atomic E-state index is -0.249. The molecule has 0 atom stereocenters. The number of halogens is 2. The van der Waals surface area contributed by atoms with Gasteiger partial charge in [0.15, 0.2) is 0 Å². The molecule has 1 heterocycles. The molecule has 0 unspecified atom stereocenters. The third kappa shape index (κ3) is 3.53. The van der Waals surface area contributed by atoms with Gasteiger partial charge in [0.05, 0.1) is 6.61 Å². The monoisotopic (exact) mass is 309 g/mol. The van der Waals surface area contributed by atoms with E-state index in [1.165, 1.54) is 12.1 Å². The molecular weight excluding hydrogens is 297 g/mol. The molecule has 2 rings (SSSR count). The summed E-state index contributed by atoms with van der Waals surface area (Å²) in [5, 5.41) is 0.573. The van der Waals surface area contributed by atoms with Gasteiger partial charge in [0.2, 0.25) is 0 Å². The molecule has 0 saturated carbocycles. The topological polar surface area (TPSA) is 22.1 Å². The molecule has 1 aromatic carbocycles. The summed E-state index contributed by atoms with van der Waals surface area (Å²) in [4.78, 5) is 4.22. The summed E-state index contributed by atoms with van der Waals surface area (Å²) < 4.78 is 18.7. The highest BCUT2D eigenvalue weighted by molar-refractivity contribution is 9.08. The quantitative estimate of drug-likeness (QED) is 0.785. The van der Waals surface area contributed by atoms with E-state index < -0.39 is 0 Å². The number of aromatic nitrogens is 1. The summed E-state index contributed by atoms with van der Waals surface area (Å²) in [6.07, 6.45) is 2.50. The maximum atomic E-state index is 13.0. The van der Waals surface area contributed by atoms with E-state index >= 15 is 0 Å². The molecule has 0 spiro atoms. The second kappa shape index (κ2) is 6.50. The fraction of sp³-hybridized carbons (Fsp3) is 0.214. The summed E-state index contributed by atoms with van der Waals surface area (Å²) in [7, 11) is 0. The normalized spacial score (nSPS) is 10.3. The highest BCUT2D eigenvalue weighted by Crippen LogP contribution is 2.22. The van der Waals surface area contributed by atoms with Crippen LogP contribution >= 0.6 is 15.9 Å². The molecular formula is C14H13BrFNO. The number of rotatable bonds is 5. The minimum absolute atomic E-state index is 0.249. The molecule has 0 saturated heterocycles. The summed E-state index contributed by atoms with van der Waals surface area (Å²) in [6, 6.07) is 10.3. The van der Waals surface area contributed by atoms with Crippen molar-refractivity contribution in [1.82, 2.24) is 4.98 Å². The minimum Gasteiger partial charge on any atom is -0.493 e. The van der Waals surface area contributed by atoms with Crippen LogP contribution in [0.3, 0.4) is 0 Å². The highest BCUT2D eigenvalue weighted by atomic mass is 79.9.